The number of nitro benzene ring substituents is 1. The molecule has 0 unspecified atom stereocenters. The van der Waals surface area contributed by atoms with Crippen molar-refractivity contribution in [1.29, 1.82) is 0 Å². The highest BCUT2D eigenvalue weighted by Crippen LogP contribution is 2.39. The van der Waals surface area contributed by atoms with Gasteiger partial charge in [-0.15, -0.1) is 0 Å². The third-order valence-electron chi connectivity index (χ3n) is 5.93. The molecular formula is C26H18FN3O3S2. The smallest absolute Gasteiger partial charge is 0.271 e. The van der Waals surface area contributed by atoms with Gasteiger partial charge in [-0.1, -0.05) is 66.4 Å². The van der Waals surface area contributed by atoms with Gasteiger partial charge in [0.25, 0.3) is 11.6 Å². The van der Waals surface area contributed by atoms with Crippen LogP contribution in [0.4, 0.5) is 15.8 Å². The number of anilines is 1. The average molecular weight is 504 g/mol. The van der Waals surface area contributed by atoms with Crippen LogP contribution in [0, 0.1) is 22.9 Å². The summed E-state index contributed by atoms with van der Waals surface area (Å²) in [6, 6.07) is 20.3. The molecule has 1 aliphatic heterocycles. The molecule has 5 rings (SSSR count). The van der Waals surface area contributed by atoms with Crippen LogP contribution in [0.15, 0.2) is 77.7 Å². The summed E-state index contributed by atoms with van der Waals surface area (Å²) in [4.78, 5) is 25.7. The maximum atomic E-state index is 14.4. The van der Waals surface area contributed by atoms with E-state index in [1.807, 2.05) is 35.8 Å². The molecule has 35 heavy (non-hydrogen) atoms. The third kappa shape index (κ3) is 4.13. The molecule has 6 nitrogen and oxygen atoms in total. The largest absolute Gasteiger partial charge is 0.340 e. The lowest BCUT2D eigenvalue weighted by molar-refractivity contribution is -0.384. The fraction of sp³-hybridized carbons (Fsp3) is 0.0769. The van der Waals surface area contributed by atoms with Crippen LogP contribution in [0.3, 0.4) is 0 Å². The molecule has 0 saturated carbocycles. The van der Waals surface area contributed by atoms with E-state index in [4.69, 9.17) is 12.2 Å². The van der Waals surface area contributed by atoms with E-state index in [9.17, 15) is 19.3 Å². The predicted octanol–water partition coefficient (Wildman–Crippen LogP) is 6.45. The van der Waals surface area contributed by atoms with E-state index in [1.54, 1.807) is 30.3 Å². The molecule has 1 aromatic heterocycles. The van der Waals surface area contributed by atoms with Gasteiger partial charge in [-0.05, 0) is 31.2 Å². The second kappa shape index (κ2) is 9.09. The van der Waals surface area contributed by atoms with Gasteiger partial charge in [0.1, 0.15) is 5.82 Å². The number of halogens is 1. The summed E-state index contributed by atoms with van der Waals surface area (Å²) in [6.45, 7) is 2.29. The highest BCUT2D eigenvalue weighted by atomic mass is 32.2. The molecule has 4 aromatic rings. The molecule has 0 bridgehead atoms. The number of thioether (sulfide) groups is 1. The fourth-order valence-corrected chi connectivity index (χ4v) is 5.49. The predicted molar refractivity (Wildman–Crippen MR) is 141 cm³/mol. The van der Waals surface area contributed by atoms with Crippen molar-refractivity contribution < 1.29 is 14.1 Å². The van der Waals surface area contributed by atoms with Crippen LogP contribution < -0.4 is 4.90 Å². The molecule has 1 fully saturated rings. The molecule has 0 aliphatic carbocycles. The Bertz CT molecular complexity index is 1560. The molecule has 3 aromatic carbocycles. The first-order chi connectivity index (χ1) is 16.8. The first kappa shape index (κ1) is 22.9. The van der Waals surface area contributed by atoms with Crippen molar-refractivity contribution in [3.63, 3.8) is 0 Å². The lowest BCUT2D eigenvalue weighted by atomic mass is 10.1. The molecule has 0 atom stereocenters. The lowest BCUT2D eigenvalue weighted by Crippen LogP contribution is -2.27. The summed E-state index contributed by atoms with van der Waals surface area (Å²) in [6.07, 6.45) is 1.80. The highest BCUT2D eigenvalue weighted by molar-refractivity contribution is 8.27. The van der Waals surface area contributed by atoms with E-state index in [2.05, 4.69) is 0 Å². The first-order valence-corrected chi connectivity index (χ1v) is 11.9. The number of non-ortho nitro benzene ring substituents is 1. The molecule has 2 heterocycles. The zero-order valence-corrected chi connectivity index (χ0v) is 20.1. The minimum Gasteiger partial charge on any atom is -0.340 e. The molecule has 1 aliphatic rings. The van der Waals surface area contributed by atoms with Gasteiger partial charge in [-0.3, -0.25) is 19.8 Å². The van der Waals surface area contributed by atoms with Gasteiger partial charge < -0.3 is 4.57 Å². The van der Waals surface area contributed by atoms with E-state index in [0.29, 0.717) is 27.0 Å². The summed E-state index contributed by atoms with van der Waals surface area (Å²) >= 11 is 6.60. The van der Waals surface area contributed by atoms with E-state index in [-0.39, 0.29) is 17.4 Å². The Morgan fingerprint density at radius 1 is 1.09 bits per heavy atom. The van der Waals surface area contributed by atoms with Crippen LogP contribution in [-0.2, 0) is 11.3 Å². The summed E-state index contributed by atoms with van der Waals surface area (Å²) in [5.41, 5.74) is 3.46. The van der Waals surface area contributed by atoms with Gasteiger partial charge in [0.05, 0.1) is 22.1 Å². The maximum absolute atomic E-state index is 14.4. The summed E-state index contributed by atoms with van der Waals surface area (Å²) in [7, 11) is 0. The number of amides is 1. The number of rotatable bonds is 5. The molecule has 0 radical (unpaired) electrons. The Kier molecular flexibility index (Phi) is 5.96. The molecule has 1 saturated heterocycles. The third-order valence-corrected chi connectivity index (χ3v) is 7.24. The Labute approximate surface area is 209 Å². The Balaban J connectivity index is 1.57. The number of thiocarbonyl (C=S) groups is 1. The Morgan fingerprint density at radius 2 is 1.83 bits per heavy atom. The van der Waals surface area contributed by atoms with Crippen molar-refractivity contribution in [2.24, 2.45) is 0 Å². The van der Waals surface area contributed by atoms with Crippen LogP contribution in [0.1, 0.15) is 16.8 Å². The Morgan fingerprint density at radius 3 is 2.60 bits per heavy atom. The summed E-state index contributed by atoms with van der Waals surface area (Å²) in [5, 5.41) is 12.1. The van der Waals surface area contributed by atoms with Crippen molar-refractivity contribution >= 4 is 62.6 Å². The molecule has 0 N–H and O–H groups in total. The second-order valence-electron chi connectivity index (χ2n) is 7.99. The maximum Gasteiger partial charge on any atom is 0.271 e. The van der Waals surface area contributed by atoms with Crippen molar-refractivity contribution in [3.05, 3.63) is 110 Å². The normalized spacial score (nSPS) is 14.9. The number of hydrogen-bond acceptors (Lipinski definition) is 5. The van der Waals surface area contributed by atoms with E-state index in [1.165, 1.54) is 29.2 Å². The average Bonchev–Trinajstić information content (AvgIpc) is 3.28. The molecule has 0 spiro atoms. The van der Waals surface area contributed by atoms with Crippen molar-refractivity contribution in [1.82, 2.24) is 4.57 Å². The minimum atomic E-state index is -0.509. The van der Waals surface area contributed by atoms with Gasteiger partial charge in [0.2, 0.25) is 0 Å². The van der Waals surface area contributed by atoms with Gasteiger partial charge in [-0.2, -0.15) is 0 Å². The standard InChI is InChI=1S/C26H18FN3O3S2/c1-16-21(20-10-3-5-12-23(20)28(16)15-17-7-2-4-11-22(17)27)14-24-25(31)29(26(34)35-24)18-8-6-9-19(13-18)30(32)33/h2-14H,15H2,1H3/b24-14+. The second-order valence-corrected chi connectivity index (χ2v) is 9.66. The topological polar surface area (TPSA) is 68.4 Å². The molecule has 1 amide bonds. The number of carbonyl (C=O) groups excluding carboxylic acids is 1. The first-order valence-electron chi connectivity index (χ1n) is 10.7. The van der Waals surface area contributed by atoms with Crippen LogP contribution >= 0.6 is 24.0 Å². The summed E-state index contributed by atoms with van der Waals surface area (Å²) < 4.78 is 16.7. The Hall–Kier alpha value is -3.82. The number of nitro groups is 1. The molecule has 174 valence electrons. The number of fused-ring (bicyclic) bond motifs is 1. The number of carbonyl (C=O) groups is 1. The number of nitrogens with zero attached hydrogens (tertiary/aromatic N) is 3. The number of hydrogen-bond donors (Lipinski definition) is 0. The van der Waals surface area contributed by atoms with E-state index >= 15 is 0 Å². The van der Waals surface area contributed by atoms with Crippen LogP contribution in [0.2, 0.25) is 0 Å². The SMILES string of the molecule is Cc1c(/C=C2/SC(=S)N(c3cccc([N+](=O)[O-])c3)C2=O)c2ccccc2n1Cc1ccccc1F. The van der Waals surface area contributed by atoms with E-state index < -0.39 is 4.92 Å². The number of aromatic nitrogens is 1. The van der Waals surface area contributed by atoms with Crippen LogP contribution in [0.5, 0.6) is 0 Å². The highest BCUT2D eigenvalue weighted by Gasteiger charge is 2.34. The van der Waals surface area contributed by atoms with Crippen molar-refractivity contribution in [2.45, 2.75) is 13.5 Å². The number of para-hydroxylation sites is 1. The lowest BCUT2D eigenvalue weighted by Gasteiger charge is -2.14. The van der Waals surface area contributed by atoms with Crippen LogP contribution in [-0.4, -0.2) is 19.7 Å². The van der Waals surface area contributed by atoms with Gasteiger partial charge in [-0.25, -0.2) is 4.39 Å². The van der Waals surface area contributed by atoms with Crippen molar-refractivity contribution in [3.8, 4) is 0 Å². The molecule has 9 heteroatoms. The quantitative estimate of drug-likeness (QED) is 0.135. The molecular weight excluding hydrogens is 485 g/mol. The summed E-state index contributed by atoms with van der Waals surface area (Å²) in [5.74, 6) is -0.616. The fourth-order valence-electron chi connectivity index (χ4n) is 4.21. The van der Waals surface area contributed by atoms with Crippen molar-refractivity contribution in [2.75, 3.05) is 4.90 Å². The van der Waals surface area contributed by atoms with Gasteiger partial charge in [0, 0.05) is 39.9 Å². The monoisotopic (exact) mass is 503 g/mol. The minimum absolute atomic E-state index is 0.118. The van der Waals surface area contributed by atoms with Gasteiger partial charge >= 0.3 is 0 Å². The van der Waals surface area contributed by atoms with E-state index in [0.717, 1.165) is 33.9 Å². The number of benzene rings is 3. The zero-order valence-electron chi connectivity index (χ0n) is 18.5. The van der Waals surface area contributed by atoms with Crippen LogP contribution in [0.25, 0.3) is 17.0 Å². The van der Waals surface area contributed by atoms with Gasteiger partial charge in [0.15, 0.2) is 4.32 Å². The zero-order chi connectivity index (χ0) is 24.7.